The van der Waals surface area contributed by atoms with E-state index in [1.54, 1.807) is 24.3 Å². The quantitative estimate of drug-likeness (QED) is 0.786. The summed E-state index contributed by atoms with van der Waals surface area (Å²) in [5, 5.41) is 3.29. The minimum atomic E-state index is -3.86. The molecule has 2 aliphatic rings. The van der Waals surface area contributed by atoms with Gasteiger partial charge in [0.1, 0.15) is 13.2 Å². The van der Waals surface area contributed by atoms with Crippen LogP contribution in [0.1, 0.15) is 10.4 Å². The summed E-state index contributed by atoms with van der Waals surface area (Å²) in [6, 6.07) is 10.7. The van der Waals surface area contributed by atoms with Crippen LogP contribution < -0.4 is 19.5 Å². The number of carbonyl (C=O) groups excluding carboxylic acids is 1. The molecule has 146 valence electrons. The number of hydrogen-bond acceptors (Lipinski definition) is 7. The highest BCUT2D eigenvalue weighted by atomic mass is 32.2. The number of carbonyl (C=O) groups is 1. The highest BCUT2D eigenvalue weighted by Crippen LogP contribution is 2.32. The van der Waals surface area contributed by atoms with E-state index in [0.29, 0.717) is 42.0 Å². The predicted molar refractivity (Wildman–Crippen MR) is 107 cm³/mol. The van der Waals surface area contributed by atoms with E-state index in [9.17, 15) is 13.2 Å². The maximum atomic E-state index is 12.7. The van der Waals surface area contributed by atoms with Gasteiger partial charge in [-0.2, -0.15) is 0 Å². The van der Waals surface area contributed by atoms with Gasteiger partial charge in [-0.15, -0.1) is 0 Å². The zero-order valence-electron chi connectivity index (χ0n) is 14.7. The molecule has 28 heavy (non-hydrogen) atoms. The van der Waals surface area contributed by atoms with Gasteiger partial charge in [-0.05, 0) is 30.3 Å². The highest BCUT2D eigenvalue weighted by Gasteiger charge is 2.20. The number of thioether (sulfide) groups is 1. The lowest BCUT2D eigenvalue weighted by atomic mass is 10.2. The molecule has 0 aliphatic carbocycles. The van der Waals surface area contributed by atoms with Gasteiger partial charge in [-0.1, -0.05) is 17.8 Å². The molecule has 0 spiro atoms. The second kappa shape index (κ2) is 7.72. The number of sulfonamides is 1. The first-order valence-corrected chi connectivity index (χ1v) is 11.0. The van der Waals surface area contributed by atoms with Gasteiger partial charge in [-0.3, -0.25) is 14.5 Å². The molecule has 2 N–H and O–H groups in total. The molecular weight excluding hydrogens is 402 g/mol. The molecule has 4 rings (SSSR count). The van der Waals surface area contributed by atoms with Gasteiger partial charge in [-0.25, -0.2) is 8.42 Å². The molecule has 0 fully saturated rings. The van der Waals surface area contributed by atoms with Crippen molar-refractivity contribution in [1.29, 1.82) is 0 Å². The number of amidine groups is 1. The Bertz CT molecular complexity index is 1050. The van der Waals surface area contributed by atoms with Crippen molar-refractivity contribution >= 4 is 38.5 Å². The minimum Gasteiger partial charge on any atom is -0.486 e. The SMILES string of the molecule is O=C(NC1=NCCS1)c1cccc(NS(=O)(=O)c2ccc3c(c2)OCCO3)c1. The number of aliphatic imine (C=N–C) groups is 1. The Balaban J connectivity index is 1.52. The Labute approximate surface area is 166 Å². The summed E-state index contributed by atoms with van der Waals surface area (Å²) in [6.07, 6.45) is 0. The lowest BCUT2D eigenvalue weighted by Crippen LogP contribution is -2.27. The molecule has 0 unspecified atom stereocenters. The van der Waals surface area contributed by atoms with E-state index in [4.69, 9.17) is 9.47 Å². The third kappa shape index (κ3) is 4.07. The third-order valence-electron chi connectivity index (χ3n) is 4.01. The van der Waals surface area contributed by atoms with E-state index in [0.717, 1.165) is 5.75 Å². The van der Waals surface area contributed by atoms with Crippen LogP contribution >= 0.6 is 11.8 Å². The van der Waals surface area contributed by atoms with E-state index in [-0.39, 0.29) is 16.5 Å². The minimum absolute atomic E-state index is 0.0447. The summed E-state index contributed by atoms with van der Waals surface area (Å²) < 4.78 is 38.8. The maximum absolute atomic E-state index is 12.7. The average Bonchev–Trinajstić information content (AvgIpc) is 3.20. The first kappa shape index (κ1) is 18.6. The topological polar surface area (TPSA) is 106 Å². The van der Waals surface area contributed by atoms with E-state index in [1.165, 1.54) is 30.0 Å². The lowest BCUT2D eigenvalue weighted by molar-refractivity contribution is 0.0978. The van der Waals surface area contributed by atoms with Crippen molar-refractivity contribution in [1.82, 2.24) is 5.32 Å². The van der Waals surface area contributed by atoms with Crippen molar-refractivity contribution in [2.45, 2.75) is 4.90 Å². The van der Waals surface area contributed by atoms with Crippen LogP contribution in [0.2, 0.25) is 0 Å². The Hall–Kier alpha value is -2.72. The summed E-state index contributed by atoms with van der Waals surface area (Å²) in [5.41, 5.74) is 0.612. The fourth-order valence-electron chi connectivity index (χ4n) is 2.71. The van der Waals surface area contributed by atoms with Gasteiger partial charge >= 0.3 is 0 Å². The average molecular weight is 419 g/mol. The second-order valence-electron chi connectivity index (χ2n) is 5.98. The van der Waals surface area contributed by atoms with Crippen molar-refractivity contribution in [3.05, 3.63) is 48.0 Å². The van der Waals surface area contributed by atoms with Crippen LogP contribution in [0.3, 0.4) is 0 Å². The number of rotatable bonds is 4. The fourth-order valence-corrected chi connectivity index (χ4v) is 4.50. The third-order valence-corrected chi connectivity index (χ3v) is 6.28. The molecule has 8 nitrogen and oxygen atoms in total. The van der Waals surface area contributed by atoms with Gasteiger partial charge in [0.05, 0.1) is 11.4 Å². The van der Waals surface area contributed by atoms with E-state index in [1.807, 2.05) is 0 Å². The number of nitrogens with zero attached hydrogens (tertiary/aromatic N) is 1. The Morgan fingerprint density at radius 1 is 1.07 bits per heavy atom. The molecule has 0 bridgehead atoms. The van der Waals surface area contributed by atoms with E-state index >= 15 is 0 Å². The van der Waals surface area contributed by atoms with Gasteiger partial charge < -0.3 is 14.8 Å². The normalized spacial score (nSPS) is 15.6. The smallest absolute Gasteiger partial charge is 0.262 e. The zero-order valence-corrected chi connectivity index (χ0v) is 16.3. The molecule has 0 atom stereocenters. The summed E-state index contributed by atoms with van der Waals surface area (Å²) in [5.74, 6) is 1.40. The Morgan fingerprint density at radius 3 is 2.68 bits per heavy atom. The monoisotopic (exact) mass is 419 g/mol. The number of nitrogens with one attached hydrogen (secondary N) is 2. The summed E-state index contributed by atoms with van der Waals surface area (Å²) in [4.78, 5) is 16.6. The van der Waals surface area contributed by atoms with E-state index in [2.05, 4.69) is 15.0 Å². The second-order valence-corrected chi connectivity index (χ2v) is 8.75. The van der Waals surface area contributed by atoms with Crippen LogP contribution in [0.25, 0.3) is 0 Å². The van der Waals surface area contributed by atoms with Crippen LogP contribution in [0.4, 0.5) is 5.69 Å². The first-order valence-electron chi connectivity index (χ1n) is 8.52. The summed E-state index contributed by atoms with van der Waals surface area (Å²) >= 11 is 1.47. The molecular formula is C18H17N3O5S2. The molecule has 10 heteroatoms. The van der Waals surface area contributed by atoms with Crippen LogP contribution in [-0.4, -0.2) is 45.0 Å². The van der Waals surface area contributed by atoms with Crippen LogP contribution in [0.5, 0.6) is 11.5 Å². The maximum Gasteiger partial charge on any atom is 0.262 e. The predicted octanol–water partition coefficient (Wildman–Crippen LogP) is 2.09. The van der Waals surface area contributed by atoms with Gasteiger partial charge in [0, 0.05) is 23.1 Å². The Kier molecular flexibility index (Phi) is 5.14. The van der Waals surface area contributed by atoms with Crippen molar-refractivity contribution in [3.63, 3.8) is 0 Å². The molecule has 2 aromatic carbocycles. The molecule has 2 aromatic rings. The number of hydrogen-bond donors (Lipinski definition) is 2. The fraction of sp³-hybridized carbons (Fsp3) is 0.222. The molecule has 0 aromatic heterocycles. The first-order chi connectivity index (χ1) is 13.5. The Morgan fingerprint density at radius 2 is 1.89 bits per heavy atom. The summed E-state index contributed by atoms with van der Waals surface area (Å²) in [6.45, 7) is 1.47. The van der Waals surface area contributed by atoms with Crippen LogP contribution in [-0.2, 0) is 10.0 Å². The molecule has 2 heterocycles. The molecule has 2 aliphatic heterocycles. The number of fused-ring (bicyclic) bond motifs is 1. The van der Waals surface area contributed by atoms with E-state index < -0.39 is 10.0 Å². The molecule has 1 amide bonds. The van der Waals surface area contributed by atoms with Crippen molar-refractivity contribution in [3.8, 4) is 11.5 Å². The number of anilines is 1. The van der Waals surface area contributed by atoms with Gasteiger partial charge in [0.15, 0.2) is 16.7 Å². The number of ether oxygens (including phenoxy) is 2. The van der Waals surface area contributed by atoms with Gasteiger partial charge in [0.25, 0.3) is 15.9 Å². The van der Waals surface area contributed by atoms with Crippen LogP contribution in [0.15, 0.2) is 52.4 Å². The van der Waals surface area contributed by atoms with Gasteiger partial charge in [0.2, 0.25) is 0 Å². The van der Waals surface area contributed by atoms with Crippen molar-refractivity contribution in [2.75, 3.05) is 30.2 Å². The standard InChI is InChI=1S/C18H17N3O5S2/c22-17(20-18-19-6-9-27-18)12-2-1-3-13(10-12)21-28(23,24)14-4-5-15-16(11-14)26-8-7-25-15/h1-5,10-11,21H,6-9H2,(H,19,20,22). The number of benzene rings is 2. The molecule has 0 saturated heterocycles. The summed E-state index contributed by atoms with van der Waals surface area (Å²) in [7, 11) is -3.86. The van der Waals surface area contributed by atoms with Crippen molar-refractivity contribution < 1.29 is 22.7 Å². The molecule has 0 radical (unpaired) electrons. The van der Waals surface area contributed by atoms with Crippen molar-refractivity contribution in [2.24, 2.45) is 4.99 Å². The zero-order chi connectivity index (χ0) is 19.6. The number of amides is 1. The highest BCUT2D eigenvalue weighted by molar-refractivity contribution is 8.14. The lowest BCUT2D eigenvalue weighted by Gasteiger charge is -2.19. The largest absolute Gasteiger partial charge is 0.486 e. The molecule has 0 saturated carbocycles. The van der Waals surface area contributed by atoms with Crippen LogP contribution in [0, 0.1) is 0 Å².